The fraction of sp³-hybridized carbons (Fsp3) is 0.545. The molecule has 0 aliphatic heterocycles. The van der Waals surface area contributed by atoms with E-state index in [4.69, 9.17) is 4.74 Å². The molecule has 1 fully saturated rings. The van der Waals surface area contributed by atoms with Crippen molar-refractivity contribution in [3.63, 3.8) is 0 Å². The van der Waals surface area contributed by atoms with Gasteiger partial charge in [0, 0.05) is 17.7 Å². The average Bonchev–Trinajstić information content (AvgIpc) is 2.05. The molecule has 0 radical (unpaired) electrons. The van der Waals surface area contributed by atoms with E-state index in [2.05, 4.69) is 11.9 Å². The summed E-state index contributed by atoms with van der Waals surface area (Å²) in [7, 11) is 1.72. The van der Waals surface area contributed by atoms with Crippen molar-refractivity contribution in [3.05, 3.63) is 23.5 Å². The molecule has 1 heterocycles. The third kappa shape index (κ3) is 1.41. The van der Waals surface area contributed by atoms with Gasteiger partial charge >= 0.3 is 0 Å². The molecule has 0 atom stereocenters. The van der Waals surface area contributed by atoms with Gasteiger partial charge in [0.15, 0.2) is 0 Å². The average molecular weight is 177 g/mol. The highest BCUT2D eigenvalue weighted by atomic mass is 16.5. The van der Waals surface area contributed by atoms with Crippen molar-refractivity contribution >= 4 is 0 Å². The smallest absolute Gasteiger partial charge is 0.125 e. The van der Waals surface area contributed by atoms with Crippen molar-refractivity contribution in [2.75, 3.05) is 7.11 Å². The summed E-state index contributed by atoms with van der Waals surface area (Å²) in [5.41, 5.74) is 2.46. The van der Waals surface area contributed by atoms with Gasteiger partial charge in [-0.25, -0.2) is 0 Å². The van der Waals surface area contributed by atoms with E-state index in [1.165, 1.54) is 30.5 Å². The van der Waals surface area contributed by atoms with Gasteiger partial charge in [-0.05, 0) is 25.8 Å². The van der Waals surface area contributed by atoms with Crippen molar-refractivity contribution in [2.24, 2.45) is 0 Å². The van der Waals surface area contributed by atoms with E-state index in [-0.39, 0.29) is 0 Å². The van der Waals surface area contributed by atoms with Crippen LogP contribution in [0.25, 0.3) is 0 Å². The summed E-state index contributed by atoms with van der Waals surface area (Å²) in [6.45, 7) is 2.10. The van der Waals surface area contributed by atoms with Gasteiger partial charge in [0.05, 0.1) is 12.8 Å². The van der Waals surface area contributed by atoms with Crippen LogP contribution in [0.2, 0.25) is 0 Å². The zero-order valence-electron chi connectivity index (χ0n) is 8.21. The lowest BCUT2D eigenvalue weighted by Crippen LogP contribution is -2.12. The number of hydrogen-bond donors (Lipinski definition) is 0. The van der Waals surface area contributed by atoms with Crippen LogP contribution in [0.4, 0.5) is 0 Å². The number of methoxy groups -OCH3 is 1. The van der Waals surface area contributed by atoms with Crippen LogP contribution in [-0.2, 0) is 0 Å². The largest absolute Gasteiger partial charge is 0.496 e. The molecule has 0 amide bonds. The lowest BCUT2D eigenvalue weighted by Gasteiger charge is -2.26. The van der Waals surface area contributed by atoms with E-state index in [9.17, 15) is 0 Å². The number of aromatic nitrogens is 1. The highest BCUT2D eigenvalue weighted by Crippen LogP contribution is 2.38. The number of rotatable bonds is 2. The molecule has 2 nitrogen and oxygen atoms in total. The molecule has 0 spiro atoms. The van der Waals surface area contributed by atoms with Crippen LogP contribution in [0.1, 0.15) is 36.4 Å². The van der Waals surface area contributed by atoms with E-state index >= 15 is 0 Å². The standard InChI is InChI=1S/C11H15NO/c1-8-10(13-2)6-7-12-11(8)9-4-3-5-9/h6-7,9H,3-5H2,1-2H3. The van der Waals surface area contributed by atoms with E-state index < -0.39 is 0 Å². The normalized spacial score (nSPS) is 16.8. The van der Waals surface area contributed by atoms with Crippen molar-refractivity contribution in [3.8, 4) is 5.75 Å². The second-order valence-corrected chi connectivity index (χ2v) is 3.65. The Morgan fingerprint density at radius 3 is 2.77 bits per heavy atom. The van der Waals surface area contributed by atoms with Crippen molar-refractivity contribution < 1.29 is 4.74 Å². The van der Waals surface area contributed by atoms with Gasteiger partial charge in [0.1, 0.15) is 5.75 Å². The highest BCUT2D eigenvalue weighted by molar-refractivity contribution is 5.36. The predicted octanol–water partition coefficient (Wildman–Crippen LogP) is 2.67. The molecule has 1 aliphatic carbocycles. The summed E-state index contributed by atoms with van der Waals surface area (Å²) >= 11 is 0. The zero-order chi connectivity index (χ0) is 9.26. The molecule has 0 N–H and O–H groups in total. The zero-order valence-corrected chi connectivity index (χ0v) is 8.21. The molecule has 1 aliphatic rings. The second kappa shape index (κ2) is 3.36. The third-order valence-corrected chi connectivity index (χ3v) is 2.91. The first kappa shape index (κ1) is 8.54. The van der Waals surface area contributed by atoms with Crippen molar-refractivity contribution in [2.45, 2.75) is 32.1 Å². The van der Waals surface area contributed by atoms with E-state index in [1.54, 1.807) is 7.11 Å². The van der Waals surface area contributed by atoms with Gasteiger partial charge in [0.2, 0.25) is 0 Å². The Hall–Kier alpha value is -1.05. The molecule has 70 valence electrons. The first-order valence-corrected chi connectivity index (χ1v) is 4.82. The highest BCUT2D eigenvalue weighted by Gasteiger charge is 2.23. The SMILES string of the molecule is COc1ccnc(C2CCC2)c1C. The number of pyridine rings is 1. The van der Waals surface area contributed by atoms with Gasteiger partial charge in [-0.2, -0.15) is 0 Å². The Labute approximate surface area is 78.9 Å². The molecule has 1 aromatic heterocycles. The number of nitrogens with zero attached hydrogens (tertiary/aromatic N) is 1. The third-order valence-electron chi connectivity index (χ3n) is 2.91. The summed E-state index contributed by atoms with van der Waals surface area (Å²) in [6, 6.07) is 1.93. The molecular formula is C11H15NO. The molecular weight excluding hydrogens is 162 g/mol. The first-order valence-electron chi connectivity index (χ1n) is 4.82. The maximum Gasteiger partial charge on any atom is 0.125 e. The quantitative estimate of drug-likeness (QED) is 0.692. The second-order valence-electron chi connectivity index (χ2n) is 3.65. The van der Waals surface area contributed by atoms with Crippen LogP contribution < -0.4 is 4.74 Å². The Morgan fingerprint density at radius 1 is 1.46 bits per heavy atom. The minimum absolute atomic E-state index is 0.690. The fourth-order valence-corrected chi connectivity index (χ4v) is 1.85. The van der Waals surface area contributed by atoms with Gasteiger partial charge in [-0.1, -0.05) is 6.42 Å². The van der Waals surface area contributed by atoms with Crippen LogP contribution in [0.3, 0.4) is 0 Å². The summed E-state index contributed by atoms with van der Waals surface area (Å²) in [6.07, 6.45) is 5.78. The van der Waals surface area contributed by atoms with Crippen LogP contribution in [-0.4, -0.2) is 12.1 Å². The Morgan fingerprint density at radius 2 is 2.23 bits per heavy atom. The Kier molecular flexibility index (Phi) is 2.21. The number of hydrogen-bond acceptors (Lipinski definition) is 2. The topological polar surface area (TPSA) is 22.1 Å². The van der Waals surface area contributed by atoms with Gasteiger partial charge in [0.25, 0.3) is 0 Å². The van der Waals surface area contributed by atoms with Crippen LogP contribution in [0.5, 0.6) is 5.75 Å². The summed E-state index contributed by atoms with van der Waals surface area (Å²) < 4.78 is 5.26. The maximum absolute atomic E-state index is 5.26. The summed E-state index contributed by atoms with van der Waals surface area (Å²) in [4.78, 5) is 4.43. The minimum atomic E-state index is 0.690. The monoisotopic (exact) mass is 177 g/mol. The fourth-order valence-electron chi connectivity index (χ4n) is 1.85. The molecule has 1 aromatic rings. The van der Waals surface area contributed by atoms with Crippen LogP contribution >= 0.6 is 0 Å². The molecule has 0 bridgehead atoms. The molecule has 1 saturated carbocycles. The minimum Gasteiger partial charge on any atom is -0.496 e. The molecule has 0 aromatic carbocycles. The number of ether oxygens (including phenoxy) is 1. The van der Waals surface area contributed by atoms with E-state index in [1.807, 2.05) is 12.3 Å². The van der Waals surface area contributed by atoms with E-state index in [0.717, 1.165) is 5.75 Å². The summed E-state index contributed by atoms with van der Waals surface area (Å²) in [5, 5.41) is 0. The molecule has 2 heteroatoms. The van der Waals surface area contributed by atoms with Crippen molar-refractivity contribution in [1.82, 2.24) is 4.98 Å². The molecule has 0 unspecified atom stereocenters. The molecule has 2 rings (SSSR count). The Balaban J connectivity index is 2.33. The lowest BCUT2D eigenvalue weighted by atomic mass is 9.81. The van der Waals surface area contributed by atoms with E-state index in [0.29, 0.717) is 5.92 Å². The van der Waals surface area contributed by atoms with Crippen LogP contribution in [0.15, 0.2) is 12.3 Å². The first-order chi connectivity index (χ1) is 6.33. The molecule has 0 saturated heterocycles. The predicted molar refractivity (Wildman–Crippen MR) is 52.1 cm³/mol. The molecule has 13 heavy (non-hydrogen) atoms. The van der Waals surface area contributed by atoms with Crippen molar-refractivity contribution in [1.29, 1.82) is 0 Å². The lowest BCUT2D eigenvalue weighted by molar-refractivity contribution is 0.391. The van der Waals surface area contributed by atoms with Gasteiger partial charge in [-0.15, -0.1) is 0 Å². The summed E-state index contributed by atoms with van der Waals surface area (Å²) in [5.74, 6) is 1.66. The van der Waals surface area contributed by atoms with Crippen LogP contribution in [0, 0.1) is 6.92 Å². The maximum atomic E-state index is 5.26. The Bertz CT molecular complexity index is 305. The van der Waals surface area contributed by atoms with Gasteiger partial charge < -0.3 is 4.74 Å². The van der Waals surface area contributed by atoms with Gasteiger partial charge in [-0.3, -0.25) is 4.98 Å².